The molecule has 1 aliphatic rings. The summed E-state index contributed by atoms with van der Waals surface area (Å²) in [7, 11) is -1.57. The largest absolute Gasteiger partial charge is 0.462 e. The third-order valence-electron chi connectivity index (χ3n) is 4.80. The monoisotopic (exact) mass is 436 g/mol. The van der Waals surface area contributed by atoms with E-state index in [1.54, 1.807) is 19.1 Å². The van der Waals surface area contributed by atoms with Crippen molar-refractivity contribution in [3.8, 4) is 0 Å². The Morgan fingerprint density at radius 3 is 2.66 bits per heavy atom. The molecule has 1 aromatic heterocycles. The molecule has 0 saturated heterocycles. The third-order valence-corrected chi connectivity index (χ3v) is 7.72. The lowest BCUT2D eigenvalue weighted by Crippen LogP contribution is -2.26. The number of hydrogen-bond acceptors (Lipinski definition) is 7. The minimum Gasteiger partial charge on any atom is -0.462 e. The highest BCUT2D eigenvalue weighted by molar-refractivity contribution is 7.91. The second-order valence-corrected chi connectivity index (χ2v) is 10.1. The van der Waals surface area contributed by atoms with E-state index in [1.165, 1.54) is 30.4 Å². The van der Waals surface area contributed by atoms with Crippen molar-refractivity contribution in [2.75, 3.05) is 31.3 Å². The summed E-state index contributed by atoms with van der Waals surface area (Å²) < 4.78 is 30.0. The first kappa shape index (κ1) is 21.5. The van der Waals surface area contributed by atoms with Crippen LogP contribution in [0.1, 0.15) is 45.0 Å². The van der Waals surface area contributed by atoms with Crippen LogP contribution in [0, 0.1) is 0 Å². The second-order valence-electron chi connectivity index (χ2n) is 6.77. The summed E-state index contributed by atoms with van der Waals surface area (Å²) in [5, 5.41) is 3.17. The lowest BCUT2D eigenvalue weighted by atomic mass is 10.0. The minimum atomic E-state index is -3.57. The standard InChI is InChI=1S/C20H24N2O5S2/c1-4-27-20(24)17-13-10-11-22(3)12-15(13)28-19(17)21-18(23)14-8-6-7-9-16(14)29(25,26)5-2/h6-9H,4-5,10-12H2,1-3H3,(H,21,23). The van der Waals surface area contributed by atoms with Crippen molar-refractivity contribution < 1.29 is 22.7 Å². The number of likely N-dealkylation sites (N-methyl/N-ethyl adjacent to an activating group) is 1. The molecular formula is C20H24N2O5S2. The van der Waals surface area contributed by atoms with Crippen LogP contribution in [0.25, 0.3) is 0 Å². The number of nitrogens with zero attached hydrogens (tertiary/aromatic N) is 1. The van der Waals surface area contributed by atoms with Crippen LogP contribution < -0.4 is 5.32 Å². The predicted octanol–water partition coefficient (Wildman–Crippen LogP) is 2.96. The highest BCUT2D eigenvalue weighted by atomic mass is 32.2. The maximum absolute atomic E-state index is 13.0. The fraction of sp³-hybridized carbons (Fsp3) is 0.400. The fourth-order valence-electron chi connectivity index (χ4n) is 3.29. The first-order valence-corrected chi connectivity index (χ1v) is 11.9. The van der Waals surface area contributed by atoms with Gasteiger partial charge in [0.05, 0.1) is 28.4 Å². The van der Waals surface area contributed by atoms with Crippen LogP contribution in [0.2, 0.25) is 0 Å². The second kappa shape index (κ2) is 8.64. The predicted molar refractivity (Wildman–Crippen MR) is 112 cm³/mol. The first-order valence-electron chi connectivity index (χ1n) is 9.41. The van der Waals surface area contributed by atoms with Gasteiger partial charge in [0.1, 0.15) is 5.00 Å². The number of hydrogen-bond donors (Lipinski definition) is 1. The van der Waals surface area contributed by atoms with Crippen molar-refractivity contribution >= 4 is 38.1 Å². The minimum absolute atomic E-state index is 0.0151. The number of carbonyl (C=O) groups excluding carboxylic acids is 2. The Bertz CT molecular complexity index is 1040. The van der Waals surface area contributed by atoms with Crippen LogP contribution in [-0.2, 0) is 27.5 Å². The number of fused-ring (bicyclic) bond motifs is 1. The smallest absolute Gasteiger partial charge is 0.341 e. The SMILES string of the molecule is CCOC(=O)c1c(NC(=O)c2ccccc2S(=O)(=O)CC)sc2c1CCN(C)C2. The molecule has 0 radical (unpaired) electrons. The van der Waals surface area contributed by atoms with Crippen molar-refractivity contribution in [3.05, 3.63) is 45.8 Å². The van der Waals surface area contributed by atoms with E-state index in [0.29, 0.717) is 23.5 Å². The molecule has 9 heteroatoms. The summed E-state index contributed by atoms with van der Waals surface area (Å²) in [6, 6.07) is 6.10. The van der Waals surface area contributed by atoms with Gasteiger partial charge < -0.3 is 15.0 Å². The quantitative estimate of drug-likeness (QED) is 0.700. The number of esters is 1. The summed E-state index contributed by atoms with van der Waals surface area (Å²) in [5.41, 5.74) is 1.34. The lowest BCUT2D eigenvalue weighted by molar-refractivity contribution is 0.0526. The van der Waals surface area contributed by atoms with Gasteiger partial charge in [-0.3, -0.25) is 4.79 Å². The van der Waals surface area contributed by atoms with Gasteiger partial charge in [-0.25, -0.2) is 13.2 Å². The molecule has 0 spiro atoms. The van der Waals surface area contributed by atoms with Gasteiger partial charge in [0.15, 0.2) is 9.84 Å². The third kappa shape index (κ3) is 4.36. The first-order chi connectivity index (χ1) is 13.8. The Morgan fingerprint density at radius 1 is 1.24 bits per heavy atom. The van der Waals surface area contributed by atoms with Gasteiger partial charge in [0, 0.05) is 18.0 Å². The zero-order chi connectivity index (χ0) is 21.2. The number of amides is 1. The molecule has 1 N–H and O–H groups in total. The van der Waals surface area contributed by atoms with Crippen molar-refractivity contribution in [3.63, 3.8) is 0 Å². The molecule has 3 rings (SSSR count). The number of thiophene rings is 1. The molecule has 0 unspecified atom stereocenters. The molecule has 7 nitrogen and oxygen atoms in total. The number of sulfone groups is 1. The lowest BCUT2D eigenvalue weighted by Gasteiger charge is -2.22. The van der Waals surface area contributed by atoms with Gasteiger partial charge in [-0.15, -0.1) is 11.3 Å². The van der Waals surface area contributed by atoms with Crippen molar-refractivity contribution in [1.82, 2.24) is 4.90 Å². The highest BCUT2D eigenvalue weighted by Crippen LogP contribution is 2.37. The van der Waals surface area contributed by atoms with Crippen molar-refractivity contribution in [1.29, 1.82) is 0 Å². The maximum Gasteiger partial charge on any atom is 0.341 e. The van der Waals surface area contributed by atoms with E-state index < -0.39 is 21.7 Å². The van der Waals surface area contributed by atoms with Crippen LogP contribution >= 0.6 is 11.3 Å². The van der Waals surface area contributed by atoms with Crippen LogP contribution in [0.4, 0.5) is 5.00 Å². The molecule has 1 aliphatic heterocycles. The number of ether oxygens (including phenoxy) is 1. The molecule has 1 aromatic carbocycles. The van der Waals surface area contributed by atoms with Gasteiger partial charge in [0.2, 0.25) is 0 Å². The molecule has 0 fully saturated rings. The number of nitrogens with one attached hydrogen (secondary N) is 1. The Kier molecular flexibility index (Phi) is 6.40. The zero-order valence-electron chi connectivity index (χ0n) is 16.6. The molecular weight excluding hydrogens is 412 g/mol. The van der Waals surface area contributed by atoms with E-state index in [9.17, 15) is 18.0 Å². The number of anilines is 1. The summed E-state index contributed by atoms with van der Waals surface area (Å²) in [6.07, 6.45) is 0.688. The summed E-state index contributed by atoms with van der Waals surface area (Å²) in [5.74, 6) is -1.14. The number of rotatable bonds is 6. The van der Waals surface area contributed by atoms with Gasteiger partial charge >= 0.3 is 5.97 Å². The van der Waals surface area contributed by atoms with E-state index in [2.05, 4.69) is 10.2 Å². The van der Waals surface area contributed by atoms with Crippen molar-refractivity contribution in [2.45, 2.75) is 31.7 Å². The van der Waals surface area contributed by atoms with E-state index in [0.717, 1.165) is 17.0 Å². The average molecular weight is 437 g/mol. The summed E-state index contributed by atoms with van der Waals surface area (Å²) >= 11 is 1.34. The topological polar surface area (TPSA) is 92.8 Å². The molecule has 0 saturated carbocycles. The highest BCUT2D eigenvalue weighted by Gasteiger charge is 2.29. The molecule has 2 heterocycles. The number of carbonyl (C=O) groups is 2. The normalized spacial score (nSPS) is 14.3. The molecule has 1 amide bonds. The molecule has 0 aliphatic carbocycles. The van der Waals surface area contributed by atoms with E-state index in [1.807, 2.05) is 7.05 Å². The Morgan fingerprint density at radius 2 is 1.97 bits per heavy atom. The summed E-state index contributed by atoms with van der Waals surface area (Å²) in [6.45, 7) is 4.99. The average Bonchev–Trinajstić information content (AvgIpc) is 3.04. The van der Waals surface area contributed by atoms with E-state index in [-0.39, 0.29) is 22.8 Å². The Hall–Kier alpha value is -2.23. The zero-order valence-corrected chi connectivity index (χ0v) is 18.3. The van der Waals surface area contributed by atoms with Gasteiger partial charge in [0.25, 0.3) is 5.91 Å². The molecule has 156 valence electrons. The molecule has 2 aromatic rings. The van der Waals surface area contributed by atoms with Crippen LogP contribution in [0.3, 0.4) is 0 Å². The van der Waals surface area contributed by atoms with Crippen LogP contribution in [0.15, 0.2) is 29.2 Å². The Balaban J connectivity index is 2.01. The van der Waals surface area contributed by atoms with Crippen molar-refractivity contribution in [2.24, 2.45) is 0 Å². The van der Waals surface area contributed by atoms with Crippen LogP contribution in [0.5, 0.6) is 0 Å². The number of benzene rings is 1. The fourth-order valence-corrected chi connectivity index (χ4v) is 5.69. The molecule has 29 heavy (non-hydrogen) atoms. The maximum atomic E-state index is 13.0. The van der Waals surface area contributed by atoms with Gasteiger partial charge in [-0.05, 0) is 38.1 Å². The summed E-state index contributed by atoms with van der Waals surface area (Å²) in [4.78, 5) is 28.7. The van der Waals surface area contributed by atoms with Gasteiger partial charge in [-0.1, -0.05) is 19.1 Å². The molecule has 0 atom stereocenters. The van der Waals surface area contributed by atoms with E-state index in [4.69, 9.17) is 4.74 Å². The van der Waals surface area contributed by atoms with Gasteiger partial charge in [-0.2, -0.15) is 0 Å². The van der Waals surface area contributed by atoms with E-state index >= 15 is 0 Å². The Labute approximate surface area is 174 Å². The van der Waals surface area contributed by atoms with Crippen LogP contribution in [-0.4, -0.2) is 51.1 Å². The molecule has 0 bridgehead atoms.